The van der Waals surface area contributed by atoms with E-state index < -0.39 is 5.54 Å². The van der Waals surface area contributed by atoms with Crippen LogP contribution >= 0.6 is 0 Å². The third kappa shape index (κ3) is 3.93. The number of pyridine rings is 1. The summed E-state index contributed by atoms with van der Waals surface area (Å²) < 4.78 is 14.0. The lowest BCUT2D eigenvalue weighted by atomic mass is 9.77. The molecule has 4 aliphatic rings. The molecule has 3 aliphatic heterocycles. The van der Waals surface area contributed by atoms with Crippen LogP contribution in [0.4, 0.5) is 20.7 Å². The van der Waals surface area contributed by atoms with E-state index in [1.807, 2.05) is 38.1 Å². The fraction of sp³-hybridized carbons (Fsp3) is 0.393. The van der Waals surface area contributed by atoms with Crippen LogP contribution in [0.25, 0.3) is 0 Å². The van der Waals surface area contributed by atoms with Gasteiger partial charge in [0.15, 0.2) is 0 Å². The molecule has 2 aromatic rings. The highest BCUT2D eigenvalue weighted by Crippen LogP contribution is 2.45. The van der Waals surface area contributed by atoms with Crippen molar-refractivity contribution in [2.24, 2.45) is 11.3 Å². The molecule has 2 fully saturated rings. The van der Waals surface area contributed by atoms with Crippen LogP contribution in [0.2, 0.25) is 0 Å². The van der Waals surface area contributed by atoms with E-state index in [1.54, 1.807) is 23.1 Å². The Balaban J connectivity index is 1.24. The summed E-state index contributed by atoms with van der Waals surface area (Å²) in [5.74, 6) is -0.0533. The molecule has 0 radical (unpaired) electrons. The van der Waals surface area contributed by atoms with Gasteiger partial charge in [0.25, 0.3) is 5.91 Å². The van der Waals surface area contributed by atoms with Crippen molar-refractivity contribution in [1.29, 1.82) is 0 Å². The number of rotatable bonds is 2. The van der Waals surface area contributed by atoms with Gasteiger partial charge in [0.05, 0.1) is 11.6 Å². The molecule has 37 heavy (non-hydrogen) atoms. The van der Waals surface area contributed by atoms with E-state index >= 15 is 0 Å². The van der Waals surface area contributed by atoms with Crippen molar-refractivity contribution in [3.63, 3.8) is 0 Å². The zero-order valence-corrected chi connectivity index (χ0v) is 20.9. The van der Waals surface area contributed by atoms with E-state index in [2.05, 4.69) is 20.5 Å². The minimum absolute atomic E-state index is 0.121. The number of amides is 3. The Hall–Kier alpha value is -3.88. The van der Waals surface area contributed by atoms with Crippen LogP contribution < -0.4 is 21.1 Å². The van der Waals surface area contributed by atoms with E-state index in [0.717, 1.165) is 11.3 Å². The number of carbonyl (C=O) groups is 2. The average Bonchev–Trinajstić information content (AvgIpc) is 3.13. The van der Waals surface area contributed by atoms with Gasteiger partial charge in [-0.15, -0.1) is 0 Å². The first-order valence-electron chi connectivity index (χ1n) is 12.7. The SMILES string of the molecule is CC1(C)CN(C(=O)c2cc(N3CCC4(CC3)NC(=O)Nc3ccccc34)[nH]c(=O)c2)C2C=CC(F)=CC21. The molecular weight excluding hydrogens is 473 g/mol. The maximum atomic E-state index is 14.0. The summed E-state index contributed by atoms with van der Waals surface area (Å²) in [4.78, 5) is 45.3. The number of halogens is 1. The normalized spacial score (nSPS) is 25.2. The van der Waals surface area contributed by atoms with Gasteiger partial charge in [-0.3, -0.25) is 9.59 Å². The van der Waals surface area contributed by atoms with Gasteiger partial charge >= 0.3 is 6.03 Å². The van der Waals surface area contributed by atoms with E-state index in [4.69, 9.17) is 0 Å². The Morgan fingerprint density at radius 1 is 1.11 bits per heavy atom. The summed E-state index contributed by atoms with van der Waals surface area (Å²) in [6.07, 6.45) is 6.07. The summed E-state index contributed by atoms with van der Waals surface area (Å²) >= 11 is 0. The fourth-order valence-electron chi connectivity index (χ4n) is 6.44. The molecule has 8 nitrogen and oxygen atoms in total. The number of likely N-dealkylation sites (tertiary alicyclic amines) is 1. The number of para-hydroxylation sites is 1. The molecule has 1 aromatic heterocycles. The van der Waals surface area contributed by atoms with E-state index in [1.165, 1.54) is 12.1 Å². The van der Waals surface area contributed by atoms with Gasteiger partial charge in [0.1, 0.15) is 11.6 Å². The molecule has 4 heterocycles. The first kappa shape index (κ1) is 23.5. The standard InChI is InChI=1S/C28H30FN5O3/c1-27(2)16-34(22-8-7-18(29)15-20(22)27)25(36)17-13-23(31-24(35)14-17)33-11-9-28(10-12-33)19-5-3-4-6-21(19)30-26(37)32-28/h3-8,13-15,20,22H,9-12,16H2,1-2H3,(H,31,35)(H2,30,32,37). The van der Waals surface area contributed by atoms with Gasteiger partial charge in [0.2, 0.25) is 5.56 Å². The molecular formula is C28H30FN5O3. The second-order valence-electron chi connectivity index (χ2n) is 11.2. The number of fused-ring (bicyclic) bond motifs is 3. The van der Waals surface area contributed by atoms with Crippen molar-refractivity contribution in [1.82, 2.24) is 15.2 Å². The number of aromatic nitrogens is 1. The van der Waals surface area contributed by atoms with Crippen LogP contribution in [0.5, 0.6) is 0 Å². The second-order valence-corrected chi connectivity index (χ2v) is 11.2. The Morgan fingerprint density at radius 2 is 1.86 bits per heavy atom. The number of carbonyl (C=O) groups excluding carboxylic acids is 2. The van der Waals surface area contributed by atoms with Gasteiger partial charge in [-0.25, -0.2) is 9.18 Å². The highest BCUT2D eigenvalue weighted by molar-refractivity contribution is 5.96. The summed E-state index contributed by atoms with van der Waals surface area (Å²) in [6.45, 7) is 5.72. The van der Waals surface area contributed by atoms with Crippen molar-refractivity contribution in [2.45, 2.75) is 38.3 Å². The van der Waals surface area contributed by atoms with Gasteiger partial charge in [-0.2, -0.15) is 0 Å². The molecule has 1 spiro atoms. The largest absolute Gasteiger partial charge is 0.358 e. The van der Waals surface area contributed by atoms with E-state index in [9.17, 15) is 18.8 Å². The third-order valence-electron chi connectivity index (χ3n) is 8.34. The number of hydrogen-bond acceptors (Lipinski definition) is 4. The number of nitrogens with one attached hydrogen (secondary N) is 3. The van der Waals surface area contributed by atoms with E-state index in [-0.39, 0.29) is 40.7 Å². The molecule has 0 saturated carbocycles. The maximum absolute atomic E-state index is 14.0. The molecule has 1 aromatic carbocycles. The minimum atomic E-state index is -0.477. The summed E-state index contributed by atoms with van der Waals surface area (Å²) in [5, 5.41) is 6.00. The highest BCUT2D eigenvalue weighted by atomic mass is 19.1. The van der Waals surface area contributed by atoms with Gasteiger partial charge < -0.3 is 25.4 Å². The average molecular weight is 504 g/mol. The minimum Gasteiger partial charge on any atom is -0.358 e. The monoisotopic (exact) mass is 503 g/mol. The van der Waals surface area contributed by atoms with Crippen LogP contribution in [0.15, 0.2) is 65.2 Å². The topological polar surface area (TPSA) is 97.5 Å². The van der Waals surface area contributed by atoms with Crippen LogP contribution in [0, 0.1) is 11.3 Å². The zero-order valence-electron chi connectivity index (χ0n) is 20.9. The quantitative estimate of drug-likeness (QED) is 0.579. The molecule has 0 bridgehead atoms. The Kier molecular flexibility index (Phi) is 5.29. The van der Waals surface area contributed by atoms with Crippen molar-refractivity contribution in [3.05, 3.63) is 81.9 Å². The predicted octanol–water partition coefficient (Wildman–Crippen LogP) is 3.90. The molecule has 2 unspecified atom stereocenters. The molecule has 2 atom stereocenters. The Labute approximate surface area is 214 Å². The first-order chi connectivity index (χ1) is 17.6. The number of piperidine rings is 1. The number of H-pyrrole nitrogens is 1. The molecule has 3 N–H and O–H groups in total. The Morgan fingerprint density at radius 3 is 2.65 bits per heavy atom. The van der Waals surface area contributed by atoms with Gasteiger partial charge in [0, 0.05) is 48.4 Å². The molecule has 2 saturated heterocycles. The molecule has 1 aliphatic carbocycles. The molecule has 3 amide bonds. The summed E-state index contributed by atoms with van der Waals surface area (Å²) in [6, 6.07) is 10.4. The first-order valence-corrected chi connectivity index (χ1v) is 12.7. The lowest BCUT2D eigenvalue weighted by Gasteiger charge is -2.46. The maximum Gasteiger partial charge on any atom is 0.319 e. The van der Waals surface area contributed by atoms with Crippen LogP contribution in [-0.4, -0.2) is 47.5 Å². The zero-order chi connectivity index (χ0) is 25.9. The Bertz CT molecular complexity index is 1400. The van der Waals surface area contributed by atoms with Crippen molar-refractivity contribution >= 4 is 23.4 Å². The van der Waals surface area contributed by atoms with Crippen molar-refractivity contribution in [3.8, 4) is 0 Å². The van der Waals surface area contributed by atoms with Crippen molar-refractivity contribution < 1.29 is 14.0 Å². The predicted molar refractivity (Wildman–Crippen MR) is 139 cm³/mol. The fourth-order valence-corrected chi connectivity index (χ4v) is 6.44. The second kappa shape index (κ2) is 8.33. The van der Waals surface area contributed by atoms with Crippen LogP contribution in [-0.2, 0) is 5.54 Å². The van der Waals surface area contributed by atoms with E-state index in [0.29, 0.717) is 43.9 Å². The molecule has 192 valence electrons. The number of benzene rings is 1. The molecule has 6 rings (SSSR count). The van der Waals surface area contributed by atoms with Crippen LogP contribution in [0.3, 0.4) is 0 Å². The summed E-state index contributed by atoms with van der Waals surface area (Å²) in [5.41, 5.74) is 1.09. The van der Waals surface area contributed by atoms with Gasteiger partial charge in [-0.05, 0) is 42.5 Å². The lowest BCUT2D eigenvalue weighted by Crippen LogP contribution is -2.57. The number of allylic oxidation sites excluding steroid dienone is 2. The van der Waals surface area contributed by atoms with Gasteiger partial charge in [-0.1, -0.05) is 38.1 Å². The van der Waals surface area contributed by atoms with Crippen LogP contribution in [0.1, 0.15) is 42.6 Å². The van der Waals surface area contributed by atoms with Crippen molar-refractivity contribution in [2.75, 3.05) is 29.9 Å². The smallest absolute Gasteiger partial charge is 0.319 e. The number of hydrogen-bond donors (Lipinski definition) is 3. The highest BCUT2D eigenvalue weighted by Gasteiger charge is 2.48. The number of anilines is 2. The number of urea groups is 1. The molecule has 9 heteroatoms. The summed E-state index contributed by atoms with van der Waals surface area (Å²) in [7, 11) is 0. The number of nitrogens with zero attached hydrogens (tertiary/aromatic N) is 2. The number of aromatic amines is 1. The third-order valence-corrected chi connectivity index (χ3v) is 8.34. The lowest BCUT2D eigenvalue weighted by molar-refractivity contribution is 0.0746.